The van der Waals surface area contributed by atoms with E-state index in [-0.39, 0.29) is 5.91 Å². The van der Waals surface area contributed by atoms with Crippen LogP contribution in [0.5, 0.6) is 0 Å². The van der Waals surface area contributed by atoms with Crippen LogP contribution in [0.25, 0.3) is 0 Å². The second-order valence-electron chi connectivity index (χ2n) is 6.00. The van der Waals surface area contributed by atoms with Crippen LogP contribution in [0.2, 0.25) is 0 Å². The summed E-state index contributed by atoms with van der Waals surface area (Å²) < 4.78 is 4.77. The molecule has 1 saturated carbocycles. The van der Waals surface area contributed by atoms with E-state index in [1.54, 1.807) is 6.07 Å². The fraction of sp³-hybridized carbons (Fsp3) is 0.588. The number of methoxy groups -OCH3 is 1. The van der Waals surface area contributed by atoms with Gasteiger partial charge in [-0.3, -0.25) is 4.79 Å². The number of carboxylic acid groups (broad SMARTS) is 1. The Bertz CT molecular complexity index is 624. The van der Waals surface area contributed by atoms with Crippen molar-refractivity contribution in [3.05, 3.63) is 16.5 Å². The third kappa shape index (κ3) is 4.14. The van der Waals surface area contributed by atoms with Crippen LogP contribution in [0.3, 0.4) is 0 Å². The first-order valence-corrected chi connectivity index (χ1v) is 9.02. The maximum Gasteiger partial charge on any atom is 0.340 e. The van der Waals surface area contributed by atoms with E-state index >= 15 is 0 Å². The number of amides is 1. The minimum Gasteiger partial charge on any atom is -0.550 e. The Labute approximate surface area is 145 Å². The smallest absolute Gasteiger partial charge is 0.340 e. The van der Waals surface area contributed by atoms with Gasteiger partial charge in [0.15, 0.2) is 0 Å². The summed E-state index contributed by atoms with van der Waals surface area (Å²) in [5, 5.41) is 14.4. The van der Waals surface area contributed by atoms with Gasteiger partial charge in [-0.1, -0.05) is 26.2 Å². The molecule has 0 radical (unpaired) electrons. The maximum absolute atomic E-state index is 12.6. The molecule has 0 saturated heterocycles. The van der Waals surface area contributed by atoms with Crippen LogP contribution in [-0.4, -0.2) is 25.0 Å². The molecule has 0 aromatic carbocycles. The molecule has 24 heavy (non-hydrogen) atoms. The van der Waals surface area contributed by atoms with Crippen LogP contribution in [0.15, 0.2) is 6.07 Å². The van der Waals surface area contributed by atoms with E-state index < -0.39 is 23.8 Å². The van der Waals surface area contributed by atoms with Gasteiger partial charge in [0.05, 0.1) is 12.7 Å². The van der Waals surface area contributed by atoms with Crippen molar-refractivity contribution in [2.24, 2.45) is 11.8 Å². The Hall–Kier alpha value is -1.89. The summed E-state index contributed by atoms with van der Waals surface area (Å²) in [6, 6.07) is 1.73. The quantitative estimate of drug-likeness (QED) is 0.790. The van der Waals surface area contributed by atoms with E-state index in [0.29, 0.717) is 23.4 Å². The number of aliphatic carboxylic acids is 1. The molecule has 1 fully saturated rings. The predicted molar refractivity (Wildman–Crippen MR) is 88.7 cm³/mol. The highest BCUT2D eigenvalue weighted by atomic mass is 32.1. The van der Waals surface area contributed by atoms with Crippen molar-refractivity contribution < 1.29 is 24.2 Å². The molecule has 0 bridgehead atoms. The lowest BCUT2D eigenvalue weighted by Gasteiger charge is -2.31. The SMILES string of the molecule is CCCc1cc(C(=O)OC)c(NC(=O)[C@H]2CCCC[C@@H]2C(=O)[O-])s1. The summed E-state index contributed by atoms with van der Waals surface area (Å²) in [4.78, 5) is 36.7. The van der Waals surface area contributed by atoms with Crippen molar-refractivity contribution >= 4 is 34.2 Å². The molecule has 7 heteroatoms. The van der Waals surface area contributed by atoms with Crippen molar-refractivity contribution in [3.63, 3.8) is 0 Å². The molecule has 1 aromatic heterocycles. The average Bonchev–Trinajstić information content (AvgIpc) is 2.96. The second kappa shape index (κ2) is 8.28. The number of carbonyl (C=O) groups is 3. The number of hydrogen-bond donors (Lipinski definition) is 1. The number of aryl methyl sites for hydroxylation is 1. The lowest BCUT2D eigenvalue weighted by molar-refractivity contribution is -0.313. The Kier molecular flexibility index (Phi) is 6.36. The molecular formula is C17H22NO5S-. The highest BCUT2D eigenvalue weighted by Crippen LogP contribution is 2.34. The first-order valence-electron chi connectivity index (χ1n) is 8.20. The number of nitrogens with one attached hydrogen (secondary N) is 1. The zero-order valence-corrected chi connectivity index (χ0v) is 14.7. The van der Waals surface area contributed by atoms with Gasteiger partial charge in [0, 0.05) is 22.7 Å². The number of esters is 1. The van der Waals surface area contributed by atoms with Crippen LogP contribution in [0.4, 0.5) is 5.00 Å². The minimum atomic E-state index is -1.18. The van der Waals surface area contributed by atoms with E-state index in [2.05, 4.69) is 5.32 Å². The fourth-order valence-electron chi connectivity index (χ4n) is 3.10. The number of thiophene rings is 1. The lowest BCUT2D eigenvalue weighted by atomic mass is 9.79. The molecule has 1 amide bonds. The lowest BCUT2D eigenvalue weighted by Crippen LogP contribution is -2.42. The van der Waals surface area contributed by atoms with E-state index in [1.165, 1.54) is 18.4 Å². The molecule has 132 valence electrons. The van der Waals surface area contributed by atoms with Crippen LogP contribution in [0.1, 0.15) is 54.3 Å². The topological polar surface area (TPSA) is 95.5 Å². The molecular weight excluding hydrogens is 330 g/mol. The third-order valence-electron chi connectivity index (χ3n) is 4.33. The normalized spacial score (nSPS) is 20.4. The highest BCUT2D eigenvalue weighted by molar-refractivity contribution is 7.16. The second-order valence-corrected chi connectivity index (χ2v) is 7.14. The van der Waals surface area contributed by atoms with E-state index in [0.717, 1.165) is 30.6 Å². The van der Waals surface area contributed by atoms with Gasteiger partial charge >= 0.3 is 5.97 Å². The van der Waals surface area contributed by atoms with Gasteiger partial charge in [0.1, 0.15) is 5.00 Å². The number of ether oxygens (including phenoxy) is 1. The Morgan fingerprint density at radius 1 is 1.29 bits per heavy atom. The molecule has 1 aliphatic carbocycles. The molecule has 1 aromatic rings. The van der Waals surface area contributed by atoms with Gasteiger partial charge in [0.25, 0.3) is 0 Å². The van der Waals surface area contributed by atoms with Gasteiger partial charge in [-0.2, -0.15) is 0 Å². The predicted octanol–water partition coefficient (Wildman–Crippen LogP) is 1.98. The van der Waals surface area contributed by atoms with Crippen molar-refractivity contribution in [3.8, 4) is 0 Å². The van der Waals surface area contributed by atoms with Gasteiger partial charge in [-0.15, -0.1) is 11.3 Å². The zero-order chi connectivity index (χ0) is 17.7. The summed E-state index contributed by atoms with van der Waals surface area (Å²) in [6.07, 6.45) is 4.30. The van der Waals surface area contributed by atoms with E-state index in [1.807, 2.05) is 6.92 Å². The Balaban J connectivity index is 2.20. The van der Waals surface area contributed by atoms with Crippen LogP contribution < -0.4 is 10.4 Å². The van der Waals surface area contributed by atoms with Crippen molar-refractivity contribution in [1.29, 1.82) is 0 Å². The largest absolute Gasteiger partial charge is 0.550 e. The van der Waals surface area contributed by atoms with Crippen molar-refractivity contribution in [1.82, 2.24) is 0 Å². The highest BCUT2D eigenvalue weighted by Gasteiger charge is 2.32. The number of carboxylic acids is 1. The monoisotopic (exact) mass is 352 g/mol. The number of rotatable bonds is 6. The summed E-state index contributed by atoms with van der Waals surface area (Å²) in [7, 11) is 1.29. The summed E-state index contributed by atoms with van der Waals surface area (Å²) in [5.74, 6) is -3.44. The summed E-state index contributed by atoms with van der Waals surface area (Å²) >= 11 is 1.33. The molecule has 1 heterocycles. The molecule has 2 rings (SSSR count). The van der Waals surface area contributed by atoms with Gasteiger partial charge in [0.2, 0.25) is 5.91 Å². The molecule has 0 aliphatic heterocycles. The number of anilines is 1. The molecule has 0 spiro atoms. The maximum atomic E-state index is 12.6. The summed E-state index contributed by atoms with van der Waals surface area (Å²) in [5.41, 5.74) is 0.320. The van der Waals surface area contributed by atoms with Crippen molar-refractivity contribution in [2.75, 3.05) is 12.4 Å². The molecule has 1 aliphatic rings. The van der Waals surface area contributed by atoms with Gasteiger partial charge < -0.3 is 20.0 Å². The van der Waals surface area contributed by atoms with Gasteiger partial charge in [-0.05, 0) is 25.3 Å². The molecule has 1 N–H and O–H groups in total. The number of carbonyl (C=O) groups excluding carboxylic acids is 3. The molecule has 0 unspecified atom stereocenters. The van der Waals surface area contributed by atoms with E-state index in [9.17, 15) is 19.5 Å². The van der Waals surface area contributed by atoms with Gasteiger partial charge in [-0.25, -0.2) is 4.79 Å². The first-order chi connectivity index (χ1) is 11.5. The fourth-order valence-corrected chi connectivity index (χ4v) is 4.25. The average molecular weight is 352 g/mol. The van der Waals surface area contributed by atoms with Crippen LogP contribution in [0, 0.1) is 11.8 Å². The van der Waals surface area contributed by atoms with E-state index in [4.69, 9.17) is 4.74 Å². The Morgan fingerprint density at radius 2 is 1.96 bits per heavy atom. The molecule has 6 nitrogen and oxygen atoms in total. The molecule has 2 atom stereocenters. The van der Waals surface area contributed by atoms with Crippen LogP contribution >= 0.6 is 11.3 Å². The Morgan fingerprint density at radius 3 is 2.54 bits per heavy atom. The minimum absolute atomic E-state index is 0.320. The summed E-state index contributed by atoms with van der Waals surface area (Å²) in [6.45, 7) is 2.03. The first kappa shape index (κ1) is 18.4. The van der Waals surface area contributed by atoms with Crippen LogP contribution in [-0.2, 0) is 20.7 Å². The van der Waals surface area contributed by atoms with Crippen molar-refractivity contribution in [2.45, 2.75) is 45.4 Å². The third-order valence-corrected chi connectivity index (χ3v) is 5.44. The zero-order valence-electron chi connectivity index (χ0n) is 13.9. The standard InChI is InChI=1S/C17H23NO5S/c1-3-6-10-9-13(17(22)23-2)15(24-10)18-14(19)11-7-4-5-8-12(11)16(20)21/h9,11-12H,3-8H2,1-2H3,(H,18,19)(H,20,21)/p-1/t11-,12-/m0/s1. The number of hydrogen-bond acceptors (Lipinski definition) is 6.